The Labute approximate surface area is 124 Å². The fraction of sp³-hybridized carbons (Fsp3) is 0.538. The molecule has 0 spiro atoms. The van der Waals surface area contributed by atoms with Gasteiger partial charge in [-0.3, -0.25) is 19.1 Å². The van der Waals surface area contributed by atoms with E-state index in [1.165, 1.54) is 13.1 Å². The van der Waals surface area contributed by atoms with Crippen LogP contribution in [0.3, 0.4) is 0 Å². The van der Waals surface area contributed by atoms with Crippen LogP contribution in [-0.2, 0) is 14.3 Å². The lowest BCUT2D eigenvalue weighted by Crippen LogP contribution is -2.44. The number of carbonyl (C=O) groups excluding carboxylic acids is 1. The van der Waals surface area contributed by atoms with E-state index >= 15 is 0 Å². The Kier molecular flexibility index (Phi) is 4.16. The summed E-state index contributed by atoms with van der Waals surface area (Å²) in [5, 5.41) is 19.6. The van der Waals surface area contributed by atoms with Crippen LogP contribution in [0, 0.1) is 17.2 Å². The number of rotatable bonds is 3. The highest BCUT2D eigenvalue weighted by Gasteiger charge is 2.55. The third-order valence-corrected chi connectivity index (χ3v) is 3.56. The number of aliphatic hydroxyl groups is 1. The zero-order chi connectivity index (χ0) is 16.5. The zero-order valence-electron chi connectivity index (χ0n) is 12.0. The second-order valence-electron chi connectivity index (χ2n) is 5.11. The molecule has 22 heavy (non-hydrogen) atoms. The number of aliphatic hydroxyl groups excluding tert-OH is 1. The van der Waals surface area contributed by atoms with Gasteiger partial charge >= 0.3 is 11.7 Å². The number of carbonyl (C=O) groups is 1. The maximum absolute atomic E-state index is 11.8. The molecule has 0 aromatic carbocycles. The Bertz CT molecular complexity index is 732. The monoisotopic (exact) mass is 309 g/mol. The van der Waals surface area contributed by atoms with Crippen molar-refractivity contribution in [3.05, 3.63) is 33.1 Å². The minimum atomic E-state index is -1.77. The molecule has 1 aliphatic rings. The van der Waals surface area contributed by atoms with E-state index in [9.17, 15) is 24.8 Å². The minimum absolute atomic E-state index is 0.459. The third-order valence-electron chi connectivity index (χ3n) is 3.56. The number of hydrogen-bond acceptors (Lipinski definition) is 7. The summed E-state index contributed by atoms with van der Waals surface area (Å²) >= 11 is 0. The molecular weight excluding hydrogens is 294 g/mol. The van der Waals surface area contributed by atoms with Gasteiger partial charge in [-0.1, -0.05) is 6.92 Å². The Balaban J connectivity index is 2.37. The number of H-pyrrole nitrogens is 1. The number of nitrogens with one attached hydrogen (secondary N) is 1. The molecular formula is C13H15N3O6. The number of aromatic amines is 1. The highest BCUT2D eigenvalue weighted by atomic mass is 16.6. The summed E-state index contributed by atoms with van der Waals surface area (Å²) < 4.78 is 11.4. The first-order chi connectivity index (χ1) is 10.3. The van der Waals surface area contributed by atoms with Gasteiger partial charge in [-0.2, -0.15) is 5.26 Å². The molecule has 4 atom stereocenters. The summed E-state index contributed by atoms with van der Waals surface area (Å²) in [6.45, 7) is 2.29. The molecule has 9 heteroatoms. The second-order valence-corrected chi connectivity index (χ2v) is 5.11. The van der Waals surface area contributed by atoms with Crippen molar-refractivity contribution in [2.75, 3.05) is 6.61 Å². The number of nitrogens with zero attached hydrogens (tertiary/aromatic N) is 2. The van der Waals surface area contributed by atoms with Crippen LogP contribution in [0.15, 0.2) is 21.9 Å². The number of hydrogen-bond donors (Lipinski definition) is 2. The maximum atomic E-state index is 11.8. The van der Waals surface area contributed by atoms with Gasteiger partial charge in [0.05, 0.1) is 0 Å². The summed E-state index contributed by atoms with van der Waals surface area (Å²) in [7, 11) is 0. The van der Waals surface area contributed by atoms with Gasteiger partial charge in [-0.15, -0.1) is 0 Å². The summed E-state index contributed by atoms with van der Waals surface area (Å²) in [5.41, 5.74) is -3.07. The van der Waals surface area contributed by atoms with E-state index in [4.69, 9.17) is 9.47 Å². The lowest BCUT2D eigenvalue weighted by Gasteiger charge is -2.23. The average molecular weight is 309 g/mol. The zero-order valence-corrected chi connectivity index (χ0v) is 12.0. The standard InChI is InChI=1S/C13H15N3O6/c1-7-10(19)13(5-14,6-21-8(2)17)22-11(7)16-4-3-9(18)15-12(16)20/h3-4,7,10-11,19H,6H2,1-2H3,(H,15,18,20). The fourth-order valence-electron chi connectivity index (χ4n) is 2.36. The van der Waals surface area contributed by atoms with Crippen LogP contribution >= 0.6 is 0 Å². The summed E-state index contributed by atoms with van der Waals surface area (Å²) in [5.74, 6) is -1.26. The lowest BCUT2D eigenvalue weighted by atomic mass is 9.92. The smallest absolute Gasteiger partial charge is 0.330 e. The van der Waals surface area contributed by atoms with E-state index < -0.39 is 47.7 Å². The highest BCUT2D eigenvalue weighted by molar-refractivity contribution is 5.66. The normalized spacial score (nSPS) is 30.7. The van der Waals surface area contributed by atoms with E-state index in [0.29, 0.717) is 0 Å². The molecule has 1 saturated heterocycles. The van der Waals surface area contributed by atoms with Gasteiger partial charge in [0, 0.05) is 25.1 Å². The third kappa shape index (κ3) is 2.66. The van der Waals surface area contributed by atoms with Crippen molar-refractivity contribution in [1.29, 1.82) is 5.26 Å². The van der Waals surface area contributed by atoms with Gasteiger partial charge in [0.25, 0.3) is 5.56 Å². The van der Waals surface area contributed by atoms with Crippen LogP contribution in [-0.4, -0.2) is 38.9 Å². The van der Waals surface area contributed by atoms with Crippen molar-refractivity contribution in [2.24, 2.45) is 5.92 Å². The first kappa shape index (κ1) is 15.9. The molecule has 2 heterocycles. The minimum Gasteiger partial charge on any atom is -0.462 e. The summed E-state index contributed by atoms with van der Waals surface area (Å²) in [6, 6.07) is 2.93. The van der Waals surface area contributed by atoms with Crippen LogP contribution < -0.4 is 11.2 Å². The van der Waals surface area contributed by atoms with Crippen LogP contribution in [0.2, 0.25) is 0 Å². The number of aromatic nitrogens is 2. The van der Waals surface area contributed by atoms with Crippen LogP contribution in [0.25, 0.3) is 0 Å². The molecule has 0 saturated carbocycles. The van der Waals surface area contributed by atoms with Crippen LogP contribution in [0.4, 0.5) is 0 Å². The molecule has 1 aromatic rings. The van der Waals surface area contributed by atoms with E-state index in [1.54, 1.807) is 13.0 Å². The van der Waals surface area contributed by atoms with E-state index in [-0.39, 0.29) is 0 Å². The predicted octanol–water partition coefficient (Wildman–Crippen LogP) is -1.11. The molecule has 2 N–H and O–H groups in total. The second kappa shape index (κ2) is 5.75. The van der Waals surface area contributed by atoms with Gasteiger partial charge < -0.3 is 14.6 Å². The number of nitriles is 1. The Morgan fingerprint density at radius 1 is 1.64 bits per heavy atom. The van der Waals surface area contributed by atoms with Crippen LogP contribution in [0.5, 0.6) is 0 Å². The molecule has 4 unspecified atom stereocenters. The first-order valence-electron chi connectivity index (χ1n) is 6.53. The number of esters is 1. The number of ether oxygens (including phenoxy) is 2. The molecule has 0 aliphatic carbocycles. The van der Waals surface area contributed by atoms with Gasteiger partial charge in [0.2, 0.25) is 5.60 Å². The van der Waals surface area contributed by atoms with Crippen molar-refractivity contribution < 1.29 is 19.4 Å². The highest BCUT2D eigenvalue weighted by Crippen LogP contribution is 2.40. The topological polar surface area (TPSA) is 134 Å². The van der Waals surface area contributed by atoms with Gasteiger partial charge in [-0.25, -0.2) is 4.79 Å². The van der Waals surface area contributed by atoms with Gasteiger partial charge in [-0.05, 0) is 0 Å². The average Bonchev–Trinajstić information content (AvgIpc) is 2.71. The molecule has 9 nitrogen and oxygen atoms in total. The predicted molar refractivity (Wildman–Crippen MR) is 71.6 cm³/mol. The van der Waals surface area contributed by atoms with E-state index in [2.05, 4.69) is 4.98 Å². The summed E-state index contributed by atoms with van der Waals surface area (Å²) in [4.78, 5) is 35.9. The maximum Gasteiger partial charge on any atom is 0.330 e. The SMILES string of the molecule is CC(=O)OCC1(C#N)OC(n2ccc(=O)[nH]c2=O)C(C)C1O. The van der Waals surface area contributed by atoms with Crippen molar-refractivity contribution in [2.45, 2.75) is 31.8 Å². The van der Waals surface area contributed by atoms with E-state index in [1.807, 2.05) is 0 Å². The van der Waals surface area contributed by atoms with Crippen LogP contribution in [0.1, 0.15) is 20.1 Å². The summed E-state index contributed by atoms with van der Waals surface area (Å²) in [6.07, 6.45) is -1.04. The molecule has 1 fully saturated rings. The van der Waals surface area contributed by atoms with Crippen molar-refractivity contribution >= 4 is 5.97 Å². The Morgan fingerprint density at radius 2 is 2.32 bits per heavy atom. The van der Waals surface area contributed by atoms with E-state index in [0.717, 1.165) is 10.6 Å². The lowest BCUT2D eigenvalue weighted by molar-refractivity contribution is -0.154. The van der Waals surface area contributed by atoms with Crippen molar-refractivity contribution in [3.63, 3.8) is 0 Å². The molecule has 0 amide bonds. The quantitative estimate of drug-likeness (QED) is 0.676. The van der Waals surface area contributed by atoms with Crippen molar-refractivity contribution in [1.82, 2.24) is 9.55 Å². The molecule has 118 valence electrons. The van der Waals surface area contributed by atoms with Gasteiger partial charge in [0.1, 0.15) is 25.0 Å². The molecule has 1 aromatic heterocycles. The largest absolute Gasteiger partial charge is 0.462 e. The fourth-order valence-corrected chi connectivity index (χ4v) is 2.36. The Hall–Kier alpha value is -2.44. The first-order valence-corrected chi connectivity index (χ1v) is 6.53. The molecule has 2 rings (SSSR count). The molecule has 0 radical (unpaired) electrons. The Morgan fingerprint density at radius 3 is 2.86 bits per heavy atom. The van der Waals surface area contributed by atoms with Gasteiger partial charge in [0.15, 0.2) is 0 Å². The molecule has 0 bridgehead atoms. The molecule has 1 aliphatic heterocycles. The van der Waals surface area contributed by atoms with Crippen molar-refractivity contribution in [3.8, 4) is 6.07 Å².